The molecule has 0 fully saturated rings. The third-order valence-corrected chi connectivity index (χ3v) is 2.78. The minimum absolute atomic E-state index is 0.415. The number of ether oxygens (including phenoxy) is 1. The molecule has 0 spiro atoms. The highest BCUT2D eigenvalue weighted by molar-refractivity contribution is 5.36. The van der Waals surface area contributed by atoms with Crippen LogP contribution in [0.5, 0.6) is 5.75 Å². The number of nitrogens with one attached hydrogen (secondary N) is 1. The Morgan fingerprint density at radius 2 is 1.88 bits per heavy atom. The van der Waals surface area contributed by atoms with Crippen LogP contribution < -0.4 is 10.1 Å². The van der Waals surface area contributed by atoms with Crippen LogP contribution in [0.2, 0.25) is 0 Å². The maximum Gasteiger partial charge on any atom is 0.124 e. The number of para-hydroxylation sites is 1. The summed E-state index contributed by atoms with van der Waals surface area (Å²) in [6.07, 6.45) is 3.38. The summed E-state index contributed by atoms with van der Waals surface area (Å²) in [5.74, 6) is 1.04. The van der Waals surface area contributed by atoms with Crippen molar-refractivity contribution in [2.24, 2.45) is 0 Å². The van der Waals surface area contributed by atoms with E-state index < -0.39 is 0 Å². The van der Waals surface area contributed by atoms with E-state index in [1.54, 1.807) is 0 Å². The zero-order valence-corrected chi connectivity index (χ0v) is 11.3. The molecule has 17 heavy (non-hydrogen) atoms. The third-order valence-electron chi connectivity index (χ3n) is 2.78. The van der Waals surface area contributed by atoms with Gasteiger partial charge < -0.3 is 10.1 Å². The Labute approximate surface area is 105 Å². The van der Waals surface area contributed by atoms with Gasteiger partial charge in [0.05, 0.1) is 6.61 Å². The molecule has 0 radical (unpaired) electrons. The zero-order valence-electron chi connectivity index (χ0n) is 11.3. The predicted octanol–water partition coefficient (Wildman–Crippen LogP) is 3.93. The van der Waals surface area contributed by atoms with E-state index in [2.05, 4.69) is 44.3 Å². The van der Waals surface area contributed by atoms with Gasteiger partial charge in [0.15, 0.2) is 0 Å². The lowest BCUT2D eigenvalue weighted by molar-refractivity contribution is 0.309. The largest absolute Gasteiger partial charge is 0.493 e. The lowest BCUT2D eigenvalue weighted by atomic mass is 10.0. The van der Waals surface area contributed by atoms with E-state index in [-0.39, 0.29) is 0 Å². The molecule has 0 heterocycles. The minimum atomic E-state index is 0.415. The van der Waals surface area contributed by atoms with Gasteiger partial charge in [0.25, 0.3) is 0 Å². The van der Waals surface area contributed by atoms with Gasteiger partial charge in [-0.3, -0.25) is 0 Å². The van der Waals surface area contributed by atoms with Crippen molar-refractivity contribution >= 4 is 0 Å². The summed E-state index contributed by atoms with van der Waals surface area (Å²) >= 11 is 0. The monoisotopic (exact) mass is 235 g/mol. The first-order valence-corrected chi connectivity index (χ1v) is 6.78. The Hall–Kier alpha value is -1.02. The molecule has 1 aromatic rings. The van der Waals surface area contributed by atoms with E-state index in [0.29, 0.717) is 6.04 Å². The number of rotatable bonds is 8. The Bertz CT molecular complexity index is 306. The lowest BCUT2D eigenvalue weighted by Crippen LogP contribution is -2.21. The molecular formula is C15H25NO. The summed E-state index contributed by atoms with van der Waals surface area (Å²) < 4.78 is 5.82. The summed E-state index contributed by atoms with van der Waals surface area (Å²) in [5, 5.41) is 3.54. The molecule has 0 bridgehead atoms. The molecule has 1 N–H and O–H groups in total. The minimum Gasteiger partial charge on any atom is -0.493 e. The molecule has 0 aliphatic carbocycles. The van der Waals surface area contributed by atoms with Crippen LogP contribution in [0.25, 0.3) is 0 Å². The lowest BCUT2D eigenvalue weighted by Gasteiger charge is -2.20. The highest BCUT2D eigenvalue weighted by Gasteiger charge is 2.13. The highest BCUT2D eigenvalue weighted by atomic mass is 16.5. The number of hydrogen-bond donors (Lipinski definition) is 1. The number of benzene rings is 1. The second kappa shape index (κ2) is 8.13. The summed E-state index contributed by atoms with van der Waals surface area (Å²) in [6.45, 7) is 8.29. The molecular weight excluding hydrogens is 210 g/mol. The molecule has 0 aliphatic rings. The standard InChI is InChI=1S/C15H25NO/c1-4-9-14(16-6-3)13-10-7-8-11-15(13)17-12-5-2/h7-8,10-11,14,16H,4-6,9,12H2,1-3H3. The van der Waals surface area contributed by atoms with Crippen molar-refractivity contribution in [2.75, 3.05) is 13.2 Å². The van der Waals surface area contributed by atoms with Gasteiger partial charge in [0.1, 0.15) is 5.75 Å². The van der Waals surface area contributed by atoms with E-state index in [0.717, 1.165) is 31.7 Å². The van der Waals surface area contributed by atoms with E-state index in [4.69, 9.17) is 4.74 Å². The molecule has 0 aliphatic heterocycles. The molecule has 0 aromatic heterocycles. The predicted molar refractivity (Wildman–Crippen MR) is 73.6 cm³/mol. The van der Waals surface area contributed by atoms with Crippen molar-refractivity contribution in [1.29, 1.82) is 0 Å². The second-order valence-electron chi connectivity index (χ2n) is 4.29. The van der Waals surface area contributed by atoms with E-state index in [1.807, 2.05) is 6.07 Å². The SMILES string of the molecule is CCCOc1ccccc1C(CCC)NCC. The third kappa shape index (κ3) is 4.39. The molecule has 0 saturated heterocycles. The molecule has 1 unspecified atom stereocenters. The van der Waals surface area contributed by atoms with Crippen LogP contribution in [0.15, 0.2) is 24.3 Å². The first-order chi connectivity index (χ1) is 8.33. The highest BCUT2D eigenvalue weighted by Crippen LogP contribution is 2.28. The summed E-state index contributed by atoms with van der Waals surface area (Å²) in [6, 6.07) is 8.80. The second-order valence-corrected chi connectivity index (χ2v) is 4.29. The quantitative estimate of drug-likeness (QED) is 0.737. The molecule has 0 saturated carbocycles. The normalized spacial score (nSPS) is 12.4. The van der Waals surface area contributed by atoms with Crippen molar-refractivity contribution in [2.45, 2.75) is 46.1 Å². The maximum atomic E-state index is 5.82. The van der Waals surface area contributed by atoms with Crippen LogP contribution in [0.1, 0.15) is 51.6 Å². The van der Waals surface area contributed by atoms with Gasteiger partial charge in [-0.05, 0) is 25.5 Å². The van der Waals surface area contributed by atoms with Crippen molar-refractivity contribution in [3.63, 3.8) is 0 Å². The van der Waals surface area contributed by atoms with E-state index >= 15 is 0 Å². The van der Waals surface area contributed by atoms with Crippen LogP contribution in [-0.2, 0) is 0 Å². The van der Waals surface area contributed by atoms with Crippen molar-refractivity contribution in [3.8, 4) is 5.75 Å². The fourth-order valence-electron chi connectivity index (χ4n) is 2.01. The summed E-state index contributed by atoms with van der Waals surface area (Å²) in [4.78, 5) is 0. The fourth-order valence-corrected chi connectivity index (χ4v) is 2.01. The van der Waals surface area contributed by atoms with Crippen LogP contribution in [-0.4, -0.2) is 13.2 Å². The van der Waals surface area contributed by atoms with Gasteiger partial charge in [-0.2, -0.15) is 0 Å². The Morgan fingerprint density at radius 3 is 2.53 bits per heavy atom. The summed E-state index contributed by atoms with van der Waals surface area (Å²) in [7, 11) is 0. The Morgan fingerprint density at radius 1 is 1.12 bits per heavy atom. The van der Waals surface area contributed by atoms with Crippen LogP contribution in [0.3, 0.4) is 0 Å². The average molecular weight is 235 g/mol. The molecule has 96 valence electrons. The van der Waals surface area contributed by atoms with E-state index in [9.17, 15) is 0 Å². The first-order valence-electron chi connectivity index (χ1n) is 6.78. The maximum absolute atomic E-state index is 5.82. The molecule has 2 heteroatoms. The van der Waals surface area contributed by atoms with Gasteiger partial charge in [-0.15, -0.1) is 0 Å². The molecule has 1 atom stereocenters. The molecule has 2 nitrogen and oxygen atoms in total. The van der Waals surface area contributed by atoms with E-state index in [1.165, 1.54) is 12.0 Å². The Kier molecular flexibility index (Phi) is 6.71. The first kappa shape index (κ1) is 14.0. The summed E-state index contributed by atoms with van der Waals surface area (Å²) in [5.41, 5.74) is 1.30. The van der Waals surface area contributed by atoms with Crippen molar-refractivity contribution in [3.05, 3.63) is 29.8 Å². The van der Waals surface area contributed by atoms with Gasteiger partial charge in [0, 0.05) is 11.6 Å². The van der Waals surface area contributed by atoms with Crippen molar-refractivity contribution in [1.82, 2.24) is 5.32 Å². The topological polar surface area (TPSA) is 21.3 Å². The average Bonchev–Trinajstić information content (AvgIpc) is 2.36. The molecule has 0 amide bonds. The fraction of sp³-hybridized carbons (Fsp3) is 0.600. The van der Waals surface area contributed by atoms with Crippen LogP contribution in [0.4, 0.5) is 0 Å². The van der Waals surface area contributed by atoms with Gasteiger partial charge in [0.2, 0.25) is 0 Å². The van der Waals surface area contributed by atoms with Crippen molar-refractivity contribution < 1.29 is 4.74 Å². The molecule has 1 rings (SSSR count). The number of hydrogen-bond acceptors (Lipinski definition) is 2. The Balaban J connectivity index is 2.83. The smallest absolute Gasteiger partial charge is 0.124 e. The van der Waals surface area contributed by atoms with Crippen LogP contribution in [0, 0.1) is 0 Å². The molecule has 1 aromatic carbocycles. The van der Waals surface area contributed by atoms with Crippen LogP contribution >= 0.6 is 0 Å². The van der Waals surface area contributed by atoms with Gasteiger partial charge in [-0.1, -0.05) is 45.4 Å². The van der Waals surface area contributed by atoms with Gasteiger partial charge in [-0.25, -0.2) is 0 Å². The van der Waals surface area contributed by atoms with Gasteiger partial charge >= 0.3 is 0 Å². The zero-order chi connectivity index (χ0) is 12.5.